The molecule has 0 fully saturated rings. The second-order valence-electron chi connectivity index (χ2n) is 5.82. The lowest BCUT2D eigenvalue weighted by molar-refractivity contribution is -0.122. The minimum absolute atomic E-state index is 0.0500. The number of amides is 1. The Bertz CT molecular complexity index is 883. The van der Waals surface area contributed by atoms with Gasteiger partial charge >= 0.3 is 0 Å². The van der Waals surface area contributed by atoms with Crippen molar-refractivity contribution in [3.05, 3.63) is 59.4 Å². The molecule has 0 saturated carbocycles. The normalized spacial score (nSPS) is 12.5. The number of halogens is 1. The van der Waals surface area contributed by atoms with Gasteiger partial charge in [-0.15, -0.1) is 0 Å². The maximum absolute atomic E-state index is 12.9. The quantitative estimate of drug-likeness (QED) is 0.771. The largest absolute Gasteiger partial charge is 0.496 e. The van der Waals surface area contributed by atoms with Crippen LogP contribution in [0, 0.1) is 12.7 Å². The molecule has 26 heavy (non-hydrogen) atoms. The van der Waals surface area contributed by atoms with Gasteiger partial charge in [-0.05, 0) is 55.3 Å². The number of carbonyl (C=O) groups excluding carboxylic acids is 1. The van der Waals surface area contributed by atoms with Crippen molar-refractivity contribution in [2.75, 3.05) is 7.11 Å². The van der Waals surface area contributed by atoms with Crippen molar-refractivity contribution in [3.8, 4) is 5.75 Å². The van der Waals surface area contributed by atoms with E-state index < -0.39 is 22.0 Å². The smallest absolute Gasteiger partial charge is 0.241 e. The molecule has 0 aliphatic carbocycles. The molecule has 0 aromatic heterocycles. The van der Waals surface area contributed by atoms with Gasteiger partial charge < -0.3 is 10.1 Å². The fourth-order valence-electron chi connectivity index (χ4n) is 2.32. The lowest BCUT2D eigenvalue weighted by atomic mass is 10.2. The first-order valence-electron chi connectivity index (χ1n) is 7.92. The van der Waals surface area contributed by atoms with E-state index in [1.807, 2.05) is 0 Å². The predicted octanol–water partition coefficient (Wildman–Crippen LogP) is 2.13. The number of nitrogens with one attached hydrogen (secondary N) is 2. The average Bonchev–Trinajstić information content (AvgIpc) is 2.60. The number of benzene rings is 2. The molecule has 2 aromatic carbocycles. The Balaban J connectivity index is 2.00. The van der Waals surface area contributed by atoms with E-state index in [0.717, 1.165) is 0 Å². The second kappa shape index (κ2) is 8.29. The third-order valence-corrected chi connectivity index (χ3v) is 5.32. The molecule has 0 saturated heterocycles. The summed E-state index contributed by atoms with van der Waals surface area (Å²) in [4.78, 5) is 12.2. The number of aryl methyl sites for hydroxylation is 1. The molecule has 8 heteroatoms. The van der Waals surface area contributed by atoms with Crippen LogP contribution in [0.3, 0.4) is 0 Å². The third kappa shape index (κ3) is 5.03. The van der Waals surface area contributed by atoms with Gasteiger partial charge in [0, 0.05) is 6.54 Å². The highest BCUT2D eigenvalue weighted by Gasteiger charge is 2.22. The van der Waals surface area contributed by atoms with E-state index in [-0.39, 0.29) is 17.3 Å². The number of hydrogen-bond donors (Lipinski definition) is 2. The van der Waals surface area contributed by atoms with E-state index in [1.165, 1.54) is 38.3 Å². The van der Waals surface area contributed by atoms with Crippen LogP contribution in [-0.2, 0) is 21.4 Å². The maximum Gasteiger partial charge on any atom is 0.241 e. The molecule has 140 valence electrons. The summed E-state index contributed by atoms with van der Waals surface area (Å²) in [7, 11) is -2.35. The van der Waals surface area contributed by atoms with Gasteiger partial charge in [-0.1, -0.05) is 12.1 Å². The van der Waals surface area contributed by atoms with Crippen LogP contribution < -0.4 is 14.8 Å². The molecule has 2 N–H and O–H groups in total. The highest BCUT2D eigenvalue weighted by Crippen LogP contribution is 2.21. The molecule has 0 bridgehead atoms. The van der Waals surface area contributed by atoms with Crippen molar-refractivity contribution in [2.45, 2.75) is 31.3 Å². The van der Waals surface area contributed by atoms with Gasteiger partial charge in [-0.3, -0.25) is 4.79 Å². The van der Waals surface area contributed by atoms with Gasteiger partial charge in [0.25, 0.3) is 0 Å². The molecular formula is C18H21FN2O4S. The average molecular weight is 380 g/mol. The molecule has 6 nitrogen and oxygen atoms in total. The van der Waals surface area contributed by atoms with Gasteiger partial charge in [0.1, 0.15) is 11.6 Å². The van der Waals surface area contributed by atoms with Crippen LogP contribution in [0.5, 0.6) is 5.75 Å². The highest BCUT2D eigenvalue weighted by atomic mass is 32.2. The minimum Gasteiger partial charge on any atom is -0.496 e. The predicted molar refractivity (Wildman–Crippen MR) is 95.8 cm³/mol. The molecule has 0 radical (unpaired) electrons. The van der Waals surface area contributed by atoms with Crippen molar-refractivity contribution < 1.29 is 22.3 Å². The Hall–Kier alpha value is -2.45. The first-order chi connectivity index (χ1) is 12.2. The Morgan fingerprint density at radius 3 is 2.42 bits per heavy atom. The van der Waals surface area contributed by atoms with Gasteiger partial charge in [0.05, 0.1) is 18.0 Å². The van der Waals surface area contributed by atoms with Crippen molar-refractivity contribution in [2.24, 2.45) is 0 Å². The summed E-state index contributed by atoms with van der Waals surface area (Å²) < 4.78 is 45.2. The highest BCUT2D eigenvalue weighted by molar-refractivity contribution is 7.89. The van der Waals surface area contributed by atoms with E-state index in [9.17, 15) is 17.6 Å². The Labute approximate surface area is 152 Å². The fraction of sp³-hybridized carbons (Fsp3) is 0.278. The number of sulfonamides is 1. The summed E-state index contributed by atoms with van der Waals surface area (Å²) in [5.41, 5.74) is 1.38. The monoisotopic (exact) mass is 380 g/mol. The zero-order valence-corrected chi connectivity index (χ0v) is 15.6. The molecule has 0 aliphatic heterocycles. The topological polar surface area (TPSA) is 84.5 Å². The Morgan fingerprint density at radius 2 is 1.85 bits per heavy atom. The van der Waals surface area contributed by atoms with Crippen LogP contribution in [0.2, 0.25) is 0 Å². The molecule has 2 rings (SSSR count). The number of ether oxygens (including phenoxy) is 1. The SMILES string of the molecule is COc1ccc(S(=O)(=O)N[C@@H](C)C(=O)NCc2ccc(F)cc2)cc1C. The van der Waals surface area contributed by atoms with Crippen molar-refractivity contribution >= 4 is 15.9 Å². The van der Waals surface area contributed by atoms with Crippen LogP contribution in [0.4, 0.5) is 4.39 Å². The molecule has 2 aromatic rings. The molecule has 0 spiro atoms. The molecular weight excluding hydrogens is 359 g/mol. The summed E-state index contributed by atoms with van der Waals surface area (Å²) in [5.74, 6) is -0.270. The molecule has 0 heterocycles. The molecule has 1 atom stereocenters. The van der Waals surface area contributed by atoms with E-state index in [1.54, 1.807) is 25.1 Å². The summed E-state index contributed by atoms with van der Waals surface area (Å²) in [6.45, 7) is 3.36. The van der Waals surface area contributed by atoms with Crippen LogP contribution in [0.25, 0.3) is 0 Å². The fourth-order valence-corrected chi connectivity index (χ4v) is 3.60. The zero-order valence-electron chi connectivity index (χ0n) is 14.7. The van der Waals surface area contributed by atoms with Crippen LogP contribution >= 0.6 is 0 Å². The minimum atomic E-state index is -3.86. The van der Waals surface area contributed by atoms with Gasteiger partial charge in [-0.25, -0.2) is 12.8 Å². The van der Waals surface area contributed by atoms with Crippen LogP contribution in [0.1, 0.15) is 18.1 Å². The lowest BCUT2D eigenvalue weighted by Gasteiger charge is -2.15. The number of rotatable bonds is 7. The third-order valence-electron chi connectivity index (χ3n) is 3.78. The Morgan fingerprint density at radius 1 is 1.19 bits per heavy atom. The van der Waals surface area contributed by atoms with Crippen molar-refractivity contribution in [1.82, 2.24) is 10.0 Å². The maximum atomic E-state index is 12.9. The number of hydrogen-bond acceptors (Lipinski definition) is 4. The molecule has 0 aliphatic rings. The van der Waals surface area contributed by atoms with Gasteiger partial charge in [0.15, 0.2) is 0 Å². The standard InChI is InChI=1S/C18H21FN2O4S/c1-12-10-16(8-9-17(12)25-3)26(23,24)21-13(2)18(22)20-11-14-4-6-15(19)7-5-14/h4-10,13,21H,11H2,1-3H3,(H,20,22)/t13-/m0/s1. The van der Waals surface area contributed by atoms with Crippen molar-refractivity contribution in [1.29, 1.82) is 0 Å². The van der Waals surface area contributed by atoms with E-state index in [0.29, 0.717) is 16.9 Å². The summed E-state index contributed by atoms with van der Waals surface area (Å²) in [6.07, 6.45) is 0. The number of methoxy groups -OCH3 is 1. The van der Waals surface area contributed by atoms with E-state index in [2.05, 4.69) is 10.0 Å². The molecule has 0 unspecified atom stereocenters. The van der Waals surface area contributed by atoms with E-state index >= 15 is 0 Å². The number of carbonyl (C=O) groups is 1. The summed E-state index contributed by atoms with van der Waals surface area (Å²) >= 11 is 0. The summed E-state index contributed by atoms with van der Waals surface area (Å²) in [6, 6.07) is 9.15. The molecule has 1 amide bonds. The summed E-state index contributed by atoms with van der Waals surface area (Å²) in [5, 5.41) is 2.61. The zero-order chi connectivity index (χ0) is 19.3. The second-order valence-corrected chi connectivity index (χ2v) is 7.53. The van der Waals surface area contributed by atoms with Crippen molar-refractivity contribution in [3.63, 3.8) is 0 Å². The van der Waals surface area contributed by atoms with Crippen LogP contribution in [0.15, 0.2) is 47.4 Å². The first kappa shape index (κ1) is 19.9. The Kier molecular flexibility index (Phi) is 6.33. The van der Waals surface area contributed by atoms with Gasteiger partial charge in [-0.2, -0.15) is 4.72 Å². The van der Waals surface area contributed by atoms with Gasteiger partial charge in [0.2, 0.25) is 15.9 Å². The lowest BCUT2D eigenvalue weighted by Crippen LogP contribution is -2.44. The van der Waals surface area contributed by atoms with Crippen LogP contribution in [-0.4, -0.2) is 27.5 Å². The van der Waals surface area contributed by atoms with E-state index in [4.69, 9.17) is 4.74 Å². The first-order valence-corrected chi connectivity index (χ1v) is 9.40.